The van der Waals surface area contributed by atoms with Crippen LogP contribution in [-0.4, -0.2) is 24.5 Å². The Bertz CT molecular complexity index is 286. The van der Waals surface area contributed by atoms with Gasteiger partial charge in [0.05, 0.1) is 6.04 Å². The third-order valence-electron chi connectivity index (χ3n) is 2.90. The zero-order valence-electron chi connectivity index (χ0n) is 10.2. The molecule has 2 N–H and O–H groups in total. The molecular formula is C12H22N2S. The zero-order chi connectivity index (χ0) is 11.4. The van der Waals surface area contributed by atoms with Crippen molar-refractivity contribution in [2.45, 2.75) is 39.3 Å². The number of hydrogen-bond donors (Lipinski definition) is 1. The fourth-order valence-corrected chi connectivity index (χ4v) is 2.91. The van der Waals surface area contributed by atoms with Crippen LogP contribution in [0, 0.1) is 6.92 Å². The number of rotatable bonds is 5. The maximum Gasteiger partial charge on any atom is 0.0590 e. The summed E-state index contributed by atoms with van der Waals surface area (Å²) in [5.74, 6) is 0. The molecule has 0 aliphatic rings. The van der Waals surface area contributed by atoms with Gasteiger partial charge in [0.1, 0.15) is 0 Å². The van der Waals surface area contributed by atoms with Crippen molar-refractivity contribution in [1.29, 1.82) is 0 Å². The predicted molar refractivity (Wildman–Crippen MR) is 68.4 cm³/mol. The lowest BCUT2D eigenvalue weighted by Gasteiger charge is -2.30. The lowest BCUT2D eigenvalue weighted by molar-refractivity contribution is 0.223. The molecule has 2 nitrogen and oxygen atoms in total. The second-order valence-corrected chi connectivity index (χ2v) is 5.36. The first kappa shape index (κ1) is 12.7. The molecule has 2 atom stereocenters. The molecule has 0 aromatic carbocycles. The Morgan fingerprint density at radius 3 is 2.47 bits per heavy atom. The molecule has 1 rings (SSSR count). The topological polar surface area (TPSA) is 29.3 Å². The van der Waals surface area contributed by atoms with Crippen LogP contribution in [0.25, 0.3) is 0 Å². The maximum absolute atomic E-state index is 6.20. The van der Waals surface area contributed by atoms with Gasteiger partial charge in [-0.25, -0.2) is 0 Å². The van der Waals surface area contributed by atoms with Crippen molar-refractivity contribution in [2.75, 3.05) is 13.6 Å². The lowest BCUT2D eigenvalue weighted by atomic mass is 10.0. The van der Waals surface area contributed by atoms with Crippen LogP contribution in [0.3, 0.4) is 0 Å². The number of aryl methyl sites for hydroxylation is 1. The Kier molecular flexibility index (Phi) is 4.77. The van der Waals surface area contributed by atoms with Gasteiger partial charge in [-0.05, 0) is 39.1 Å². The summed E-state index contributed by atoms with van der Waals surface area (Å²) < 4.78 is 0. The molecule has 0 fully saturated rings. The van der Waals surface area contributed by atoms with E-state index in [4.69, 9.17) is 5.73 Å². The molecule has 86 valence electrons. The van der Waals surface area contributed by atoms with Crippen LogP contribution in [-0.2, 0) is 0 Å². The van der Waals surface area contributed by atoms with E-state index in [-0.39, 0.29) is 6.04 Å². The summed E-state index contributed by atoms with van der Waals surface area (Å²) in [5, 5.41) is 0. The van der Waals surface area contributed by atoms with Gasteiger partial charge in [0, 0.05) is 15.8 Å². The summed E-state index contributed by atoms with van der Waals surface area (Å²) in [6.45, 7) is 7.52. The zero-order valence-corrected chi connectivity index (χ0v) is 11.0. The van der Waals surface area contributed by atoms with Crippen LogP contribution < -0.4 is 5.73 Å². The summed E-state index contributed by atoms with van der Waals surface area (Å²) in [6, 6.07) is 5.00. The van der Waals surface area contributed by atoms with Crippen LogP contribution in [0.1, 0.15) is 36.1 Å². The van der Waals surface area contributed by atoms with Crippen molar-refractivity contribution in [3.8, 4) is 0 Å². The molecule has 3 heteroatoms. The van der Waals surface area contributed by atoms with Crippen LogP contribution in [0.2, 0.25) is 0 Å². The highest BCUT2D eigenvalue weighted by Gasteiger charge is 2.23. The average Bonchev–Trinajstić information content (AvgIpc) is 2.64. The van der Waals surface area contributed by atoms with Crippen molar-refractivity contribution < 1.29 is 0 Å². The smallest absolute Gasteiger partial charge is 0.0590 e. The summed E-state index contributed by atoms with van der Waals surface area (Å²) >= 11 is 1.86. The van der Waals surface area contributed by atoms with Gasteiger partial charge in [-0.2, -0.15) is 0 Å². The summed E-state index contributed by atoms with van der Waals surface area (Å²) in [5.41, 5.74) is 6.20. The quantitative estimate of drug-likeness (QED) is 0.836. The Hall–Kier alpha value is -0.380. The van der Waals surface area contributed by atoms with Crippen LogP contribution >= 0.6 is 11.3 Å². The van der Waals surface area contributed by atoms with Gasteiger partial charge in [0.25, 0.3) is 0 Å². The molecular weight excluding hydrogens is 204 g/mol. The van der Waals surface area contributed by atoms with Crippen LogP contribution in [0.5, 0.6) is 0 Å². The molecule has 0 spiro atoms. The Labute approximate surface area is 97.1 Å². The van der Waals surface area contributed by atoms with E-state index in [1.807, 2.05) is 11.3 Å². The predicted octanol–water partition coefficient (Wildman–Crippen LogP) is 2.79. The molecule has 1 aromatic heterocycles. The van der Waals surface area contributed by atoms with Crippen molar-refractivity contribution in [3.05, 3.63) is 21.9 Å². The minimum Gasteiger partial charge on any atom is -0.326 e. The van der Waals surface area contributed by atoms with Crippen molar-refractivity contribution in [2.24, 2.45) is 5.73 Å². The van der Waals surface area contributed by atoms with Gasteiger partial charge in [-0.15, -0.1) is 11.3 Å². The number of likely N-dealkylation sites (N-methyl/N-ethyl adjacent to an activating group) is 1. The largest absolute Gasteiger partial charge is 0.326 e. The van der Waals surface area contributed by atoms with E-state index in [2.05, 4.69) is 44.9 Å². The standard InChI is InChI=1S/C12H22N2S/c1-5-10(13)12(14(4)6-2)11-8-7-9(3)15-11/h7-8,10,12H,5-6,13H2,1-4H3. The SMILES string of the molecule is CCC(N)C(c1ccc(C)s1)N(C)CC. The van der Waals surface area contributed by atoms with E-state index >= 15 is 0 Å². The normalized spacial score (nSPS) is 15.6. The first-order chi connectivity index (χ1) is 7.10. The minimum atomic E-state index is 0.230. The Balaban J connectivity index is 2.90. The first-order valence-corrected chi connectivity index (χ1v) is 6.43. The molecule has 0 aliphatic carbocycles. The fraction of sp³-hybridized carbons (Fsp3) is 0.667. The maximum atomic E-state index is 6.20. The monoisotopic (exact) mass is 226 g/mol. The van der Waals surface area contributed by atoms with E-state index in [9.17, 15) is 0 Å². The van der Waals surface area contributed by atoms with E-state index < -0.39 is 0 Å². The molecule has 2 unspecified atom stereocenters. The van der Waals surface area contributed by atoms with Crippen LogP contribution in [0.4, 0.5) is 0 Å². The number of nitrogens with zero attached hydrogens (tertiary/aromatic N) is 1. The van der Waals surface area contributed by atoms with Crippen molar-refractivity contribution in [3.63, 3.8) is 0 Å². The summed E-state index contributed by atoms with van der Waals surface area (Å²) in [7, 11) is 2.15. The van der Waals surface area contributed by atoms with Gasteiger partial charge in [-0.1, -0.05) is 13.8 Å². The molecule has 0 bridgehead atoms. The van der Waals surface area contributed by atoms with Crippen molar-refractivity contribution >= 4 is 11.3 Å². The molecule has 15 heavy (non-hydrogen) atoms. The molecule has 1 aromatic rings. The summed E-state index contributed by atoms with van der Waals surface area (Å²) in [6.07, 6.45) is 1.02. The third-order valence-corrected chi connectivity index (χ3v) is 3.97. The van der Waals surface area contributed by atoms with E-state index in [1.54, 1.807) is 0 Å². The van der Waals surface area contributed by atoms with E-state index in [0.29, 0.717) is 6.04 Å². The second kappa shape index (κ2) is 5.64. The first-order valence-electron chi connectivity index (χ1n) is 5.62. The lowest BCUT2D eigenvalue weighted by Crippen LogP contribution is -2.38. The number of nitrogens with two attached hydrogens (primary N) is 1. The molecule has 0 saturated heterocycles. The van der Waals surface area contributed by atoms with Gasteiger partial charge in [0.15, 0.2) is 0 Å². The van der Waals surface area contributed by atoms with Gasteiger partial charge >= 0.3 is 0 Å². The van der Waals surface area contributed by atoms with Crippen molar-refractivity contribution in [1.82, 2.24) is 4.90 Å². The second-order valence-electron chi connectivity index (χ2n) is 4.04. The van der Waals surface area contributed by atoms with E-state index in [1.165, 1.54) is 9.75 Å². The number of thiophene rings is 1. The Morgan fingerprint density at radius 2 is 2.07 bits per heavy atom. The minimum absolute atomic E-state index is 0.230. The molecule has 0 saturated carbocycles. The number of hydrogen-bond acceptors (Lipinski definition) is 3. The van der Waals surface area contributed by atoms with E-state index in [0.717, 1.165) is 13.0 Å². The third kappa shape index (κ3) is 3.03. The molecule has 0 radical (unpaired) electrons. The highest BCUT2D eigenvalue weighted by atomic mass is 32.1. The Morgan fingerprint density at radius 1 is 1.40 bits per heavy atom. The van der Waals surface area contributed by atoms with Gasteiger partial charge in [0.2, 0.25) is 0 Å². The molecule has 1 heterocycles. The molecule has 0 amide bonds. The summed E-state index contributed by atoms with van der Waals surface area (Å²) in [4.78, 5) is 5.09. The average molecular weight is 226 g/mol. The highest BCUT2D eigenvalue weighted by molar-refractivity contribution is 7.12. The van der Waals surface area contributed by atoms with Crippen LogP contribution in [0.15, 0.2) is 12.1 Å². The molecule has 0 aliphatic heterocycles. The van der Waals surface area contributed by atoms with Gasteiger partial charge in [-0.3, -0.25) is 4.90 Å². The van der Waals surface area contributed by atoms with Gasteiger partial charge < -0.3 is 5.73 Å². The highest BCUT2D eigenvalue weighted by Crippen LogP contribution is 2.29. The fourth-order valence-electron chi connectivity index (χ4n) is 1.79.